The van der Waals surface area contributed by atoms with E-state index in [-0.39, 0.29) is 0 Å². The largest absolute Gasteiger partial charge is 0.496 e. The van der Waals surface area contributed by atoms with Gasteiger partial charge in [-0.15, -0.1) is 0 Å². The van der Waals surface area contributed by atoms with Crippen molar-refractivity contribution < 1.29 is 4.74 Å². The Morgan fingerprint density at radius 1 is 1.26 bits per heavy atom. The molecule has 19 heavy (non-hydrogen) atoms. The fraction of sp³-hybridized carbons (Fsp3) is 0.625. The van der Waals surface area contributed by atoms with Crippen LogP contribution in [0.1, 0.15) is 45.1 Å². The van der Waals surface area contributed by atoms with Crippen molar-refractivity contribution in [1.82, 2.24) is 5.32 Å². The number of nitrogens with one attached hydrogen (secondary N) is 1. The van der Waals surface area contributed by atoms with Gasteiger partial charge in [0, 0.05) is 10.5 Å². The molecule has 0 aromatic heterocycles. The van der Waals surface area contributed by atoms with Gasteiger partial charge in [0.25, 0.3) is 0 Å². The van der Waals surface area contributed by atoms with Gasteiger partial charge >= 0.3 is 0 Å². The first kappa shape index (κ1) is 16.5. The molecular weight excluding hydrogens is 302 g/mol. The number of unbranched alkanes of at least 4 members (excludes halogenated alkanes) is 2. The van der Waals surface area contributed by atoms with E-state index < -0.39 is 0 Å². The zero-order chi connectivity index (χ0) is 14.1. The van der Waals surface area contributed by atoms with Gasteiger partial charge in [0.05, 0.1) is 7.11 Å². The monoisotopic (exact) mass is 327 g/mol. The Labute approximate surface area is 126 Å². The van der Waals surface area contributed by atoms with Gasteiger partial charge in [-0.3, -0.25) is 0 Å². The lowest BCUT2D eigenvalue weighted by atomic mass is 9.99. The normalized spacial score (nSPS) is 12.4. The molecule has 108 valence electrons. The molecular formula is C16H26BrNO. The third-order valence-corrected chi connectivity index (χ3v) is 3.85. The van der Waals surface area contributed by atoms with E-state index in [1.165, 1.54) is 31.2 Å². The van der Waals surface area contributed by atoms with Crippen molar-refractivity contribution in [2.75, 3.05) is 13.7 Å². The molecule has 0 aliphatic heterocycles. The summed E-state index contributed by atoms with van der Waals surface area (Å²) in [6.45, 7) is 5.44. The predicted molar refractivity (Wildman–Crippen MR) is 86.0 cm³/mol. The fourth-order valence-electron chi connectivity index (χ4n) is 2.38. The molecule has 2 nitrogen and oxygen atoms in total. The summed E-state index contributed by atoms with van der Waals surface area (Å²) in [6.07, 6.45) is 6.15. The van der Waals surface area contributed by atoms with Gasteiger partial charge in [0.2, 0.25) is 0 Å². The van der Waals surface area contributed by atoms with Crippen LogP contribution in [0.2, 0.25) is 0 Å². The molecule has 0 aliphatic carbocycles. The Morgan fingerprint density at radius 2 is 2.05 bits per heavy atom. The molecule has 3 heteroatoms. The Balaban J connectivity index is 2.68. The number of benzene rings is 1. The van der Waals surface area contributed by atoms with Crippen LogP contribution in [0.5, 0.6) is 5.75 Å². The Bertz CT molecular complexity index is 368. The van der Waals surface area contributed by atoms with Crippen molar-refractivity contribution in [3.8, 4) is 5.75 Å². The van der Waals surface area contributed by atoms with Gasteiger partial charge in [-0.05, 0) is 43.1 Å². The molecule has 0 fully saturated rings. The van der Waals surface area contributed by atoms with E-state index in [1.807, 2.05) is 12.1 Å². The summed E-state index contributed by atoms with van der Waals surface area (Å²) >= 11 is 3.54. The highest BCUT2D eigenvalue weighted by atomic mass is 79.9. The molecule has 0 aliphatic rings. The summed E-state index contributed by atoms with van der Waals surface area (Å²) in [5.74, 6) is 0.988. The van der Waals surface area contributed by atoms with Crippen LogP contribution in [0.3, 0.4) is 0 Å². The SMILES string of the molecule is CCCCCC(Cc1cc(Br)ccc1OC)NCC. The van der Waals surface area contributed by atoms with E-state index in [2.05, 4.69) is 41.2 Å². The minimum Gasteiger partial charge on any atom is -0.496 e. The van der Waals surface area contributed by atoms with Crippen molar-refractivity contribution in [2.45, 2.75) is 52.0 Å². The Kier molecular flexibility index (Phi) is 8.15. The Morgan fingerprint density at radius 3 is 2.68 bits per heavy atom. The number of ether oxygens (including phenoxy) is 1. The molecule has 0 radical (unpaired) electrons. The van der Waals surface area contributed by atoms with Crippen molar-refractivity contribution in [1.29, 1.82) is 0 Å². The van der Waals surface area contributed by atoms with Crippen LogP contribution in [0, 0.1) is 0 Å². The third kappa shape index (κ3) is 5.96. The standard InChI is InChI=1S/C16H26BrNO/c1-4-6-7-8-15(18-5-2)12-13-11-14(17)9-10-16(13)19-3/h9-11,15,18H,4-8,12H2,1-3H3. The number of likely N-dealkylation sites (N-methyl/N-ethyl adjacent to an activating group) is 1. The van der Waals surface area contributed by atoms with E-state index in [9.17, 15) is 0 Å². The molecule has 1 N–H and O–H groups in total. The van der Waals surface area contributed by atoms with Crippen LogP contribution < -0.4 is 10.1 Å². The second-order valence-electron chi connectivity index (χ2n) is 4.91. The molecule has 0 saturated carbocycles. The molecule has 1 unspecified atom stereocenters. The maximum atomic E-state index is 5.46. The molecule has 0 bridgehead atoms. The average Bonchev–Trinajstić information content (AvgIpc) is 2.39. The van der Waals surface area contributed by atoms with E-state index in [0.717, 1.165) is 23.2 Å². The minimum absolute atomic E-state index is 0.541. The van der Waals surface area contributed by atoms with Crippen LogP contribution in [0.4, 0.5) is 0 Å². The molecule has 0 heterocycles. The summed E-state index contributed by atoms with van der Waals surface area (Å²) in [6, 6.07) is 6.78. The van der Waals surface area contributed by atoms with Crippen molar-refractivity contribution in [2.24, 2.45) is 0 Å². The first-order valence-electron chi connectivity index (χ1n) is 7.27. The lowest BCUT2D eigenvalue weighted by Crippen LogP contribution is -2.31. The van der Waals surface area contributed by atoms with Crippen LogP contribution in [0.15, 0.2) is 22.7 Å². The lowest BCUT2D eigenvalue weighted by molar-refractivity contribution is 0.401. The van der Waals surface area contributed by atoms with Crippen LogP contribution in [-0.4, -0.2) is 19.7 Å². The van der Waals surface area contributed by atoms with Crippen LogP contribution in [-0.2, 0) is 6.42 Å². The lowest BCUT2D eigenvalue weighted by Gasteiger charge is -2.19. The summed E-state index contributed by atoms with van der Waals surface area (Å²) in [5, 5.41) is 3.59. The predicted octanol–water partition coefficient (Wildman–Crippen LogP) is 4.56. The molecule has 1 atom stereocenters. The smallest absolute Gasteiger partial charge is 0.122 e. The third-order valence-electron chi connectivity index (χ3n) is 3.36. The molecule has 1 rings (SSSR count). The second kappa shape index (κ2) is 9.38. The number of methoxy groups -OCH3 is 1. The van der Waals surface area contributed by atoms with Crippen LogP contribution in [0.25, 0.3) is 0 Å². The highest BCUT2D eigenvalue weighted by Crippen LogP contribution is 2.25. The van der Waals surface area contributed by atoms with Crippen molar-refractivity contribution in [3.05, 3.63) is 28.2 Å². The summed E-state index contributed by atoms with van der Waals surface area (Å²) in [4.78, 5) is 0. The first-order chi connectivity index (χ1) is 9.21. The van der Waals surface area contributed by atoms with Gasteiger partial charge in [0.15, 0.2) is 0 Å². The molecule has 1 aromatic rings. The topological polar surface area (TPSA) is 21.3 Å². The second-order valence-corrected chi connectivity index (χ2v) is 5.83. The maximum absolute atomic E-state index is 5.46. The highest BCUT2D eigenvalue weighted by molar-refractivity contribution is 9.10. The van der Waals surface area contributed by atoms with Gasteiger partial charge in [-0.25, -0.2) is 0 Å². The number of hydrogen-bond acceptors (Lipinski definition) is 2. The summed E-state index contributed by atoms with van der Waals surface area (Å²) < 4.78 is 6.57. The molecule has 0 amide bonds. The fourth-order valence-corrected chi connectivity index (χ4v) is 2.79. The zero-order valence-corrected chi connectivity index (χ0v) is 13.9. The number of rotatable bonds is 9. The first-order valence-corrected chi connectivity index (χ1v) is 8.06. The summed E-state index contributed by atoms with van der Waals surface area (Å²) in [7, 11) is 1.74. The average molecular weight is 328 g/mol. The van der Waals surface area contributed by atoms with E-state index in [1.54, 1.807) is 7.11 Å². The van der Waals surface area contributed by atoms with Crippen molar-refractivity contribution in [3.63, 3.8) is 0 Å². The van der Waals surface area contributed by atoms with Gasteiger partial charge in [-0.2, -0.15) is 0 Å². The molecule has 1 aromatic carbocycles. The van der Waals surface area contributed by atoms with E-state index in [0.29, 0.717) is 6.04 Å². The van der Waals surface area contributed by atoms with Gasteiger partial charge < -0.3 is 10.1 Å². The highest BCUT2D eigenvalue weighted by Gasteiger charge is 2.12. The quantitative estimate of drug-likeness (QED) is 0.671. The van der Waals surface area contributed by atoms with Crippen LogP contribution >= 0.6 is 15.9 Å². The van der Waals surface area contributed by atoms with Gasteiger partial charge in [-0.1, -0.05) is 49.0 Å². The van der Waals surface area contributed by atoms with E-state index >= 15 is 0 Å². The Hall–Kier alpha value is -0.540. The number of halogens is 1. The maximum Gasteiger partial charge on any atom is 0.122 e. The summed E-state index contributed by atoms with van der Waals surface area (Å²) in [5.41, 5.74) is 1.28. The molecule has 0 saturated heterocycles. The van der Waals surface area contributed by atoms with Gasteiger partial charge in [0.1, 0.15) is 5.75 Å². The zero-order valence-electron chi connectivity index (χ0n) is 12.3. The number of hydrogen-bond donors (Lipinski definition) is 1. The van der Waals surface area contributed by atoms with E-state index in [4.69, 9.17) is 4.74 Å². The minimum atomic E-state index is 0.541. The van der Waals surface area contributed by atoms with Crippen molar-refractivity contribution >= 4 is 15.9 Å². The molecule has 0 spiro atoms.